The number of carbonyl (C=O) groups excluding carboxylic acids is 2. The summed E-state index contributed by atoms with van der Waals surface area (Å²) >= 11 is 10.6. The van der Waals surface area contributed by atoms with Gasteiger partial charge in [-0.1, -0.05) is 41.9 Å². The Kier molecular flexibility index (Phi) is 7.16. The highest BCUT2D eigenvalue weighted by Gasteiger charge is 2.18. The van der Waals surface area contributed by atoms with Crippen LogP contribution in [0.2, 0.25) is 5.02 Å². The number of carbonyl (C=O) groups is 2. The molecule has 1 heterocycles. The number of hydrogen-bond acceptors (Lipinski definition) is 6. The van der Waals surface area contributed by atoms with Crippen LogP contribution in [0.3, 0.4) is 0 Å². The molecule has 0 radical (unpaired) electrons. The highest BCUT2D eigenvalue weighted by atomic mass is 79.9. The van der Waals surface area contributed by atoms with E-state index in [2.05, 4.69) is 31.8 Å². The van der Waals surface area contributed by atoms with Gasteiger partial charge in [-0.3, -0.25) is 9.59 Å². The molecule has 3 aromatic carbocycles. The predicted octanol–water partition coefficient (Wildman–Crippen LogP) is 6.05. The molecule has 4 rings (SSSR count). The van der Waals surface area contributed by atoms with Crippen LogP contribution in [0.1, 0.15) is 26.3 Å². The van der Waals surface area contributed by atoms with E-state index in [-0.39, 0.29) is 22.2 Å². The maximum atomic E-state index is 12.9. The molecule has 0 saturated heterocycles. The summed E-state index contributed by atoms with van der Waals surface area (Å²) in [6.07, 6.45) is 1.52. The van der Waals surface area contributed by atoms with Crippen molar-refractivity contribution in [3.05, 3.63) is 85.5 Å². The molecule has 10 heteroatoms. The highest BCUT2D eigenvalue weighted by molar-refractivity contribution is 9.11. The molecule has 0 aliphatic rings. The lowest BCUT2D eigenvalue weighted by Gasteiger charge is -2.11. The van der Waals surface area contributed by atoms with E-state index < -0.39 is 5.91 Å². The number of rotatable bonds is 6. The summed E-state index contributed by atoms with van der Waals surface area (Å²) in [7, 11) is 1.52. The molecule has 2 amide bonds. The molecule has 172 valence electrons. The lowest BCUT2D eigenvalue weighted by molar-refractivity contribution is 0.0954. The van der Waals surface area contributed by atoms with Crippen molar-refractivity contribution in [3.63, 3.8) is 0 Å². The van der Waals surface area contributed by atoms with Gasteiger partial charge in [-0.25, -0.2) is 5.43 Å². The highest BCUT2D eigenvalue weighted by Crippen LogP contribution is 2.36. The third-order valence-electron chi connectivity index (χ3n) is 4.94. The van der Waals surface area contributed by atoms with Gasteiger partial charge in [0.15, 0.2) is 5.75 Å². The van der Waals surface area contributed by atoms with Gasteiger partial charge in [0.05, 0.1) is 23.9 Å². The number of nitrogens with one attached hydrogen (secondary N) is 2. The van der Waals surface area contributed by atoms with Crippen LogP contribution in [-0.4, -0.2) is 30.2 Å². The van der Waals surface area contributed by atoms with Gasteiger partial charge in [-0.15, -0.1) is 11.3 Å². The van der Waals surface area contributed by atoms with Crippen molar-refractivity contribution in [2.75, 3.05) is 12.4 Å². The average molecular weight is 559 g/mol. The zero-order valence-electron chi connectivity index (χ0n) is 17.6. The number of fused-ring (bicyclic) bond motifs is 1. The number of phenolic OH excluding ortho intramolecular Hbond substituents is 1. The number of hydrogen-bond donors (Lipinski definition) is 3. The van der Waals surface area contributed by atoms with Crippen molar-refractivity contribution in [1.82, 2.24) is 5.43 Å². The van der Waals surface area contributed by atoms with E-state index in [1.165, 1.54) is 42.9 Å². The van der Waals surface area contributed by atoms with E-state index in [0.29, 0.717) is 17.0 Å². The van der Waals surface area contributed by atoms with Gasteiger partial charge in [0.2, 0.25) is 0 Å². The monoisotopic (exact) mass is 557 g/mol. The van der Waals surface area contributed by atoms with E-state index >= 15 is 0 Å². The number of phenols is 1. The number of aromatic hydroxyl groups is 1. The van der Waals surface area contributed by atoms with Crippen LogP contribution in [0.4, 0.5) is 5.69 Å². The summed E-state index contributed by atoms with van der Waals surface area (Å²) in [5.41, 5.74) is 4.52. The number of thiophene rings is 1. The summed E-state index contributed by atoms with van der Waals surface area (Å²) in [5, 5.41) is 19.9. The molecule has 0 unspecified atom stereocenters. The third kappa shape index (κ3) is 4.91. The number of hydrazone groups is 1. The van der Waals surface area contributed by atoms with Gasteiger partial charge in [-0.2, -0.15) is 5.10 Å². The Morgan fingerprint density at radius 3 is 2.62 bits per heavy atom. The maximum absolute atomic E-state index is 12.9. The van der Waals surface area contributed by atoms with Gasteiger partial charge < -0.3 is 15.2 Å². The van der Waals surface area contributed by atoms with Crippen molar-refractivity contribution >= 4 is 73.4 Å². The van der Waals surface area contributed by atoms with Crippen LogP contribution in [-0.2, 0) is 0 Å². The molecule has 0 aliphatic heterocycles. The number of methoxy groups -OCH3 is 1. The molecule has 4 aromatic rings. The Bertz CT molecular complexity index is 1440. The minimum Gasteiger partial charge on any atom is -0.506 e. The summed E-state index contributed by atoms with van der Waals surface area (Å²) in [4.78, 5) is 25.2. The van der Waals surface area contributed by atoms with Crippen LogP contribution in [0, 0.1) is 0 Å². The smallest absolute Gasteiger partial charge is 0.271 e. The Labute approximate surface area is 212 Å². The largest absolute Gasteiger partial charge is 0.506 e. The van der Waals surface area contributed by atoms with Gasteiger partial charge in [0, 0.05) is 27.6 Å². The van der Waals surface area contributed by atoms with Crippen molar-refractivity contribution < 1.29 is 19.4 Å². The van der Waals surface area contributed by atoms with Crippen molar-refractivity contribution in [3.8, 4) is 11.5 Å². The molecule has 34 heavy (non-hydrogen) atoms. The fourth-order valence-corrected chi connectivity index (χ4v) is 4.85. The van der Waals surface area contributed by atoms with Crippen LogP contribution in [0.15, 0.2) is 68.9 Å². The molecular weight excluding hydrogens is 542 g/mol. The lowest BCUT2D eigenvalue weighted by atomic mass is 10.0. The minimum atomic E-state index is -0.470. The Hall–Kier alpha value is -3.40. The molecule has 0 bridgehead atoms. The third-order valence-corrected chi connectivity index (χ3v) is 6.91. The molecule has 0 atom stereocenters. The van der Waals surface area contributed by atoms with Crippen LogP contribution < -0.4 is 15.5 Å². The maximum Gasteiger partial charge on any atom is 0.271 e. The molecule has 0 spiro atoms. The standard InChI is InChI=1S/C24H17BrClN3O4S/c1-33-21-17(12-34-22(21)25)24(32)28-19-8-6-14(15-4-2-3-5-16(15)19)11-27-29-23(31)13-7-9-20(30)18(26)10-13/h2-12,30H,1H3,(H,28,32)(H,29,31)/b27-11+. The van der Waals surface area contributed by atoms with Crippen LogP contribution in [0.5, 0.6) is 11.5 Å². The SMILES string of the molecule is COc1c(C(=O)Nc2ccc(/C=N/NC(=O)c3ccc(O)c(Cl)c3)c3ccccc23)csc1Br. The summed E-state index contributed by atoms with van der Waals surface area (Å²) in [5.74, 6) is -0.376. The molecule has 1 aromatic heterocycles. The van der Waals surface area contributed by atoms with Crippen molar-refractivity contribution in [2.45, 2.75) is 0 Å². The Morgan fingerprint density at radius 1 is 1.12 bits per heavy atom. The second-order valence-electron chi connectivity index (χ2n) is 7.02. The second kappa shape index (κ2) is 10.3. The lowest BCUT2D eigenvalue weighted by Crippen LogP contribution is -2.17. The fourth-order valence-electron chi connectivity index (χ4n) is 3.28. The molecular formula is C24H17BrClN3O4S. The first-order valence-corrected chi connectivity index (χ1v) is 11.9. The Morgan fingerprint density at radius 2 is 1.88 bits per heavy atom. The average Bonchev–Trinajstić information content (AvgIpc) is 3.22. The first-order valence-electron chi connectivity index (χ1n) is 9.85. The quantitative estimate of drug-likeness (QED) is 0.198. The Balaban J connectivity index is 1.56. The zero-order valence-corrected chi connectivity index (χ0v) is 20.8. The fraction of sp³-hybridized carbons (Fsp3) is 0.0417. The molecule has 0 fully saturated rings. The normalized spacial score (nSPS) is 11.0. The van der Waals surface area contributed by atoms with Crippen LogP contribution in [0.25, 0.3) is 10.8 Å². The number of amides is 2. The number of ether oxygens (including phenoxy) is 1. The van der Waals surface area contributed by atoms with Crippen LogP contribution >= 0.6 is 38.9 Å². The van der Waals surface area contributed by atoms with Gasteiger partial charge in [0.25, 0.3) is 11.8 Å². The number of halogens is 2. The zero-order chi connectivity index (χ0) is 24.2. The van der Waals surface area contributed by atoms with Gasteiger partial charge in [-0.05, 0) is 45.6 Å². The van der Waals surface area contributed by atoms with E-state index in [1.54, 1.807) is 17.5 Å². The summed E-state index contributed by atoms with van der Waals surface area (Å²) < 4.78 is 6.06. The van der Waals surface area contributed by atoms with Crippen molar-refractivity contribution in [1.29, 1.82) is 0 Å². The van der Waals surface area contributed by atoms with E-state index in [9.17, 15) is 14.7 Å². The van der Waals surface area contributed by atoms with Gasteiger partial charge in [0.1, 0.15) is 9.54 Å². The van der Waals surface area contributed by atoms with Gasteiger partial charge >= 0.3 is 0 Å². The molecule has 0 aliphatic carbocycles. The number of nitrogens with zero attached hydrogens (tertiary/aromatic N) is 1. The number of anilines is 1. The first kappa shape index (κ1) is 23.7. The molecule has 0 saturated carbocycles. The molecule has 7 nitrogen and oxygen atoms in total. The topological polar surface area (TPSA) is 100 Å². The predicted molar refractivity (Wildman–Crippen MR) is 139 cm³/mol. The minimum absolute atomic E-state index is 0.0766. The first-order chi connectivity index (χ1) is 16.4. The van der Waals surface area contributed by atoms with E-state index in [4.69, 9.17) is 16.3 Å². The van der Waals surface area contributed by atoms with Crippen molar-refractivity contribution in [2.24, 2.45) is 5.10 Å². The van der Waals surface area contributed by atoms with E-state index in [0.717, 1.165) is 20.1 Å². The number of benzene rings is 3. The van der Waals surface area contributed by atoms with E-state index in [1.807, 2.05) is 24.3 Å². The summed E-state index contributed by atoms with van der Waals surface area (Å²) in [6.45, 7) is 0. The summed E-state index contributed by atoms with van der Waals surface area (Å²) in [6, 6.07) is 15.2. The molecule has 3 N–H and O–H groups in total. The second-order valence-corrected chi connectivity index (χ2v) is 9.63.